The predicted octanol–water partition coefficient (Wildman–Crippen LogP) is 1.37. The number of carbonyl (C=O) groups excluding carboxylic acids is 2. The third-order valence-electron chi connectivity index (χ3n) is 3.52. The number of rotatable bonds is 5. The number of ether oxygens (including phenoxy) is 1. The zero-order chi connectivity index (χ0) is 15.9. The van der Waals surface area contributed by atoms with Gasteiger partial charge >= 0.3 is 5.97 Å². The normalized spacial score (nSPS) is 23.4. The van der Waals surface area contributed by atoms with E-state index < -0.39 is 11.9 Å². The Balaban J connectivity index is 2.00. The van der Waals surface area contributed by atoms with Gasteiger partial charge in [0.05, 0.1) is 33.5 Å². The van der Waals surface area contributed by atoms with Crippen molar-refractivity contribution >= 4 is 39.9 Å². The fourth-order valence-corrected chi connectivity index (χ4v) is 4.93. The molecule has 0 spiro atoms. The second-order valence-electron chi connectivity index (χ2n) is 4.84. The van der Waals surface area contributed by atoms with E-state index in [1.54, 1.807) is 5.51 Å². The lowest BCUT2D eigenvalue weighted by atomic mass is 9.98. The Labute approximate surface area is 135 Å². The van der Waals surface area contributed by atoms with Gasteiger partial charge in [0.15, 0.2) is 0 Å². The highest BCUT2D eigenvalue weighted by atomic mass is 32.2. The van der Waals surface area contributed by atoms with Gasteiger partial charge in [0.1, 0.15) is 17.7 Å². The van der Waals surface area contributed by atoms with E-state index in [1.807, 2.05) is 6.92 Å². The van der Waals surface area contributed by atoms with Crippen molar-refractivity contribution in [2.75, 3.05) is 13.2 Å². The van der Waals surface area contributed by atoms with Gasteiger partial charge in [-0.3, -0.25) is 9.69 Å². The number of carbonyl (C=O) groups is 2. The van der Waals surface area contributed by atoms with Crippen LogP contribution in [0.25, 0.3) is 4.91 Å². The number of hydrogen-bond donors (Lipinski definition) is 1. The lowest BCUT2D eigenvalue weighted by molar-refractivity contribution is -0.154. The van der Waals surface area contributed by atoms with Crippen molar-refractivity contribution in [3.63, 3.8) is 0 Å². The average Bonchev–Trinajstić information content (AvgIpc) is 3.06. The molecule has 1 fully saturated rings. The summed E-state index contributed by atoms with van der Waals surface area (Å²) in [4.78, 5) is 31.7. The number of hydrogen-bond acceptors (Lipinski definition) is 7. The lowest BCUT2D eigenvalue weighted by Gasteiger charge is -2.41. The summed E-state index contributed by atoms with van der Waals surface area (Å²) in [5.74, 6) is -1.27. The quantitative estimate of drug-likeness (QED) is 0.496. The molecule has 1 saturated heterocycles. The van der Waals surface area contributed by atoms with Crippen molar-refractivity contribution < 1.29 is 19.4 Å². The number of aryl methyl sites for hydroxylation is 1. The summed E-state index contributed by atoms with van der Waals surface area (Å²) < 4.78 is 5.11. The Morgan fingerprint density at radius 2 is 2.41 bits per heavy atom. The Bertz CT molecular complexity index is 682. The zero-order valence-corrected chi connectivity index (χ0v) is 13.4. The molecule has 6 nitrogen and oxygen atoms in total. The first-order chi connectivity index (χ1) is 10.6. The van der Waals surface area contributed by atoms with Gasteiger partial charge in [-0.15, -0.1) is 11.3 Å². The summed E-state index contributed by atoms with van der Waals surface area (Å²) in [5.41, 5.74) is 2.75. The Hall–Kier alpha value is -1.64. The Morgan fingerprint density at radius 3 is 3.00 bits per heavy atom. The molecule has 3 heterocycles. The summed E-state index contributed by atoms with van der Waals surface area (Å²) in [6.07, 6.45) is 1.48. The fourth-order valence-electron chi connectivity index (χ4n) is 2.43. The first-order valence-electron chi connectivity index (χ1n) is 6.63. The van der Waals surface area contributed by atoms with Gasteiger partial charge in [0.2, 0.25) is 5.91 Å². The number of thioether (sulfide) groups is 1. The SMILES string of the molecule is C=CCOC(=O)C1=C(c2scnc2C)S[C@@H]2[C@@H](CO)C(=O)N12. The smallest absolute Gasteiger partial charge is 0.356 e. The second-order valence-corrected chi connectivity index (χ2v) is 6.82. The molecule has 116 valence electrons. The molecule has 8 heteroatoms. The minimum Gasteiger partial charge on any atom is -0.457 e. The number of amides is 1. The van der Waals surface area contributed by atoms with Crippen LogP contribution in [0.2, 0.25) is 0 Å². The van der Waals surface area contributed by atoms with Crippen LogP contribution < -0.4 is 0 Å². The summed E-state index contributed by atoms with van der Waals surface area (Å²) in [5, 5.41) is 9.07. The van der Waals surface area contributed by atoms with E-state index in [0.717, 1.165) is 10.6 Å². The van der Waals surface area contributed by atoms with Crippen LogP contribution in [0.5, 0.6) is 0 Å². The largest absolute Gasteiger partial charge is 0.457 e. The molecule has 0 aromatic carbocycles. The number of aliphatic hydroxyl groups excluding tert-OH is 1. The highest BCUT2D eigenvalue weighted by molar-refractivity contribution is 8.09. The maximum atomic E-state index is 12.3. The number of fused-ring (bicyclic) bond motifs is 1. The molecule has 0 unspecified atom stereocenters. The fraction of sp³-hybridized carbons (Fsp3) is 0.357. The number of β-lactam (4-membered cyclic amide) rings is 1. The van der Waals surface area contributed by atoms with Crippen LogP contribution in [-0.4, -0.2) is 45.5 Å². The van der Waals surface area contributed by atoms with E-state index in [-0.39, 0.29) is 30.2 Å². The van der Waals surface area contributed by atoms with E-state index in [4.69, 9.17) is 4.74 Å². The van der Waals surface area contributed by atoms with Crippen molar-refractivity contribution in [1.29, 1.82) is 0 Å². The van der Waals surface area contributed by atoms with Crippen LogP contribution in [0.1, 0.15) is 10.6 Å². The van der Waals surface area contributed by atoms with Crippen LogP contribution in [0, 0.1) is 12.8 Å². The van der Waals surface area contributed by atoms with Crippen molar-refractivity contribution in [1.82, 2.24) is 9.88 Å². The molecule has 22 heavy (non-hydrogen) atoms. The molecule has 0 bridgehead atoms. The van der Waals surface area contributed by atoms with E-state index in [0.29, 0.717) is 4.91 Å². The molecule has 1 aromatic heterocycles. The Morgan fingerprint density at radius 1 is 1.64 bits per heavy atom. The van der Waals surface area contributed by atoms with Crippen LogP contribution in [-0.2, 0) is 14.3 Å². The molecule has 2 aliphatic rings. The number of esters is 1. The van der Waals surface area contributed by atoms with Crippen LogP contribution in [0.15, 0.2) is 23.9 Å². The third-order valence-corrected chi connectivity index (χ3v) is 6.01. The summed E-state index contributed by atoms with van der Waals surface area (Å²) in [7, 11) is 0. The third kappa shape index (κ3) is 2.18. The monoisotopic (exact) mass is 338 g/mol. The molecule has 0 saturated carbocycles. The molecular weight excluding hydrogens is 324 g/mol. The topological polar surface area (TPSA) is 79.7 Å². The van der Waals surface area contributed by atoms with Crippen molar-refractivity contribution in [3.05, 3.63) is 34.4 Å². The molecule has 1 N–H and O–H groups in total. The van der Waals surface area contributed by atoms with E-state index in [1.165, 1.54) is 34.1 Å². The molecule has 1 aromatic rings. The molecule has 0 radical (unpaired) electrons. The number of aliphatic hydroxyl groups is 1. The molecule has 2 atom stereocenters. The van der Waals surface area contributed by atoms with Gasteiger partial charge in [-0.2, -0.15) is 0 Å². The minimum atomic E-state index is -0.553. The molecule has 0 aliphatic carbocycles. The highest BCUT2D eigenvalue weighted by Crippen LogP contribution is 2.54. The summed E-state index contributed by atoms with van der Waals surface area (Å²) >= 11 is 2.82. The van der Waals surface area contributed by atoms with E-state index in [2.05, 4.69) is 11.6 Å². The first-order valence-corrected chi connectivity index (χ1v) is 8.39. The molecular formula is C14H14N2O4S2. The van der Waals surface area contributed by atoms with Gasteiger partial charge in [-0.25, -0.2) is 9.78 Å². The highest BCUT2D eigenvalue weighted by Gasteiger charge is 2.56. The van der Waals surface area contributed by atoms with Gasteiger partial charge in [0, 0.05) is 0 Å². The number of thiazole rings is 1. The van der Waals surface area contributed by atoms with Crippen molar-refractivity contribution in [2.45, 2.75) is 12.3 Å². The second kappa shape index (κ2) is 5.86. The van der Waals surface area contributed by atoms with Gasteiger partial charge in [-0.1, -0.05) is 24.4 Å². The zero-order valence-electron chi connectivity index (χ0n) is 11.8. The van der Waals surface area contributed by atoms with Crippen LogP contribution in [0.3, 0.4) is 0 Å². The van der Waals surface area contributed by atoms with Gasteiger partial charge in [-0.05, 0) is 6.92 Å². The summed E-state index contributed by atoms with van der Waals surface area (Å²) in [6.45, 7) is 5.22. The number of nitrogens with zero attached hydrogens (tertiary/aromatic N) is 2. The Kier molecular flexibility index (Phi) is 4.07. The van der Waals surface area contributed by atoms with Crippen LogP contribution >= 0.6 is 23.1 Å². The maximum Gasteiger partial charge on any atom is 0.356 e. The summed E-state index contributed by atoms with van der Waals surface area (Å²) in [6, 6.07) is 0. The predicted molar refractivity (Wildman–Crippen MR) is 83.7 cm³/mol. The van der Waals surface area contributed by atoms with E-state index >= 15 is 0 Å². The number of aromatic nitrogens is 1. The van der Waals surface area contributed by atoms with Gasteiger partial charge < -0.3 is 9.84 Å². The lowest BCUT2D eigenvalue weighted by Crippen LogP contribution is -2.58. The first kappa shape index (κ1) is 15.3. The molecule has 2 aliphatic heterocycles. The van der Waals surface area contributed by atoms with Gasteiger partial charge in [0.25, 0.3) is 0 Å². The standard InChI is InChI=1S/C14H14N2O4S2/c1-3-4-20-14(19)9-11(10-7(2)15-6-21-10)22-13-8(5-17)12(18)16(9)13/h3,6,8,13,17H,1,4-5H2,2H3/t8-,13+/m0/s1. The molecule has 1 amide bonds. The van der Waals surface area contributed by atoms with Crippen LogP contribution in [0.4, 0.5) is 0 Å². The maximum absolute atomic E-state index is 12.3. The van der Waals surface area contributed by atoms with Crippen molar-refractivity contribution in [2.24, 2.45) is 5.92 Å². The van der Waals surface area contributed by atoms with Crippen molar-refractivity contribution in [3.8, 4) is 0 Å². The minimum absolute atomic E-state index is 0.0814. The average molecular weight is 338 g/mol. The van der Waals surface area contributed by atoms with E-state index in [9.17, 15) is 14.7 Å². The molecule has 3 rings (SSSR count).